The van der Waals surface area contributed by atoms with Crippen LogP contribution in [0.4, 0.5) is 5.95 Å². The second kappa shape index (κ2) is 5.02. The number of aromatic nitrogens is 5. The van der Waals surface area contributed by atoms with Crippen LogP contribution in [0.1, 0.15) is 24.5 Å². The molecule has 2 aromatic heterocycles. The van der Waals surface area contributed by atoms with Crippen molar-refractivity contribution in [3.8, 4) is 0 Å². The first-order valence-electron chi connectivity index (χ1n) is 6.42. The first-order valence-corrected chi connectivity index (χ1v) is 9.13. The van der Waals surface area contributed by atoms with Gasteiger partial charge in [0.2, 0.25) is 0 Å². The van der Waals surface area contributed by atoms with Gasteiger partial charge in [0.1, 0.15) is 0 Å². The molecule has 21 heavy (non-hydrogen) atoms. The smallest absolute Gasteiger partial charge is 0.255 e. The lowest BCUT2D eigenvalue weighted by molar-refractivity contribution is 0.581. The molecule has 1 N–H and O–H groups in total. The summed E-state index contributed by atoms with van der Waals surface area (Å²) in [4.78, 5) is 4.12. The minimum atomic E-state index is -3.74. The molecule has 0 bridgehead atoms. The molecule has 0 saturated heterocycles. The molecule has 0 aromatic carbocycles. The van der Waals surface area contributed by atoms with Crippen molar-refractivity contribution in [3.05, 3.63) is 11.8 Å². The number of hydrogen-bond donors (Lipinski definition) is 1. The Bertz CT molecular complexity index is 775. The van der Waals surface area contributed by atoms with Gasteiger partial charge in [-0.15, -0.1) is 5.10 Å². The standard InChI is InChI=1S/C11H16N6O2S2/c1-16-9(6-8(13-16)7-4-5-7)21(18,19)15-10-12-11(20-3)17(2)14-10/h6-7H,4-5H2,1-3H3,(H,14,15). The highest BCUT2D eigenvalue weighted by atomic mass is 32.2. The van der Waals surface area contributed by atoms with Gasteiger partial charge >= 0.3 is 0 Å². The van der Waals surface area contributed by atoms with Crippen LogP contribution in [0, 0.1) is 0 Å². The van der Waals surface area contributed by atoms with Gasteiger partial charge < -0.3 is 0 Å². The molecule has 1 fully saturated rings. The largest absolute Gasteiger partial charge is 0.281 e. The number of anilines is 1. The molecule has 2 heterocycles. The molecule has 0 atom stereocenters. The molecule has 8 nitrogen and oxygen atoms in total. The summed E-state index contributed by atoms with van der Waals surface area (Å²) in [5.74, 6) is 0.465. The number of aryl methyl sites for hydroxylation is 2. The highest BCUT2D eigenvalue weighted by Gasteiger charge is 2.30. The van der Waals surface area contributed by atoms with Crippen LogP contribution in [-0.4, -0.2) is 39.2 Å². The van der Waals surface area contributed by atoms with E-state index in [1.54, 1.807) is 20.2 Å². The summed E-state index contributed by atoms with van der Waals surface area (Å²) >= 11 is 1.39. The van der Waals surface area contributed by atoms with Crippen LogP contribution in [0.25, 0.3) is 0 Å². The Kier molecular flexibility index (Phi) is 3.44. The SMILES string of the molecule is CSc1nc(NS(=O)(=O)c2cc(C3CC3)nn2C)nn1C. The Morgan fingerprint density at radius 2 is 2.00 bits per heavy atom. The quantitative estimate of drug-likeness (QED) is 0.821. The first-order chi connectivity index (χ1) is 9.90. The minimum Gasteiger partial charge on any atom is -0.255 e. The molecule has 114 valence electrons. The third-order valence-electron chi connectivity index (χ3n) is 3.26. The molecule has 0 aliphatic heterocycles. The number of nitrogens with one attached hydrogen (secondary N) is 1. The highest BCUT2D eigenvalue weighted by molar-refractivity contribution is 7.98. The average molecular weight is 328 g/mol. The van der Waals surface area contributed by atoms with Gasteiger partial charge in [0, 0.05) is 26.1 Å². The van der Waals surface area contributed by atoms with Crippen molar-refractivity contribution in [3.63, 3.8) is 0 Å². The third kappa shape index (κ3) is 2.77. The Morgan fingerprint density at radius 1 is 1.29 bits per heavy atom. The summed E-state index contributed by atoms with van der Waals surface area (Å²) in [5, 5.41) is 9.07. The van der Waals surface area contributed by atoms with Crippen molar-refractivity contribution in [2.75, 3.05) is 11.0 Å². The monoisotopic (exact) mass is 328 g/mol. The number of rotatable bonds is 5. The zero-order chi connectivity index (χ0) is 15.2. The molecule has 0 unspecified atom stereocenters. The molecule has 0 radical (unpaired) electrons. The Hall–Kier alpha value is -1.55. The van der Waals surface area contributed by atoms with Gasteiger partial charge in [0.25, 0.3) is 16.0 Å². The molecule has 3 rings (SSSR count). The summed E-state index contributed by atoms with van der Waals surface area (Å²) in [6, 6.07) is 1.62. The van der Waals surface area contributed by atoms with Gasteiger partial charge in [-0.3, -0.25) is 4.68 Å². The van der Waals surface area contributed by atoms with Gasteiger partial charge in [-0.05, 0) is 19.1 Å². The van der Waals surface area contributed by atoms with Crippen LogP contribution in [0.3, 0.4) is 0 Å². The van der Waals surface area contributed by atoms with E-state index in [2.05, 4.69) is 19.9 Å². The van der Waals surface area contributed by atoms with Crippen molar-refractivity contribution in [1.29, 1.82) is 0 Å². The first kappa shape index (κ1) is 14.4. The summed E-state index contributed by atoms with van der Waals surface area (Å²) in [7, 11) is -0.399. The number of thioether (sulfide) groups is 1. The van der Waals surface area contributed by atoms with Gasteiger partial charge in [0.15, 0.2) is 10.2 Å². The molecule has 1 aliphatic carbocycles. The van der Waals surface area contributed by atoms with Crippen LogP contribution in [-0.2, 0) is 24.1 Å². The Morgan fingerprint density at radius 3 is 2.57 bits per heavy atom. The van der Waals surface area contributed by atoms with Crippen LogP contribution >= 0.6 is 11.8 Å². The summed E-state index contributed by atoms with van der Waals surface area (Å²) in [5.41, 5.74) is 0.830. The average Bonchev–Trinajstić information content (AvgIpc) is 3.09. The summed E-state index contributed by atoms with van der Waals surface area (Å²) < 4.78 is 30.2. The van der Waals surface area contributed by atoms with E-state index in [9.17, 15) is 8.42 Å². The van der Waals surface area contributed by atoms with E-state index in [4.69, 9.17) is 0 Å². The van der Waals surface area contributed by atoms with Crippen LogP contribution in [0.15, 0.2) is 16.2 Å². The van der Waals surface area contributed by atoms with E-state index >= 15 is 0 Å². The second-order valence-electron chi connectivity index (χ2n) is 4.96. The van der Waals surface area contributed by atoms with E-state index in [-0.39, 0.29) is 11.0 Å². The van der Waals surface area contributed by atoms with Gasteiger partial charge in [-0.2, -0.15) is 18.5 Å². The lowest BCUT2D eigenvalue weighted by Crippen LogP contribution is -2.17. The van der Waals surface area contributed by atoms with Crippen molar-refractivity contribution in [2.45, 2.75) is 28.9 Å². The number of nitrogens with zero attached hydrogens (tertiary/aromatic N) is 5. The zero-order valence-electron chi connectivity index (χ0n) is 11.9. The topological polar surface area (TPSA) is 94.7 Å². The molecule has 1 aliphatic rings. The Labute approximate surface area is 127 Å². The molecular weight excluding hydrogens is 312 g/mol. The van der Waals surface area contributed by atoms with Gasteiger partial charge in [0.05, 0.1) is 5.69 Å². The third-order valence-corrected chi connectivity index (χ3v) is 5.36. The minimum absolute atomic E-state index is 0.0658. The number of hydrogen-bond acceptors (Lipinski definition) is 6. The van der Waals surface area contributed by atoms with Crippen LogP contribution < -0.4 is 4.72 Å². The second-order valence-corrected chi connectivity index (χ2v) is 7.36. The van der Waals surface area contributed by atoms with E-state index in [1.807, 2.05) is 6.26 Å². The highest BCUT2D eigenvalue weighted by Crippen LogP contribution is 2.39. The zero-order valence-corrected chi connectivity index (χ0v) is 13.6. The molecule has 0 amide bonds. The van der Waals surface area contributed by atoms with Crippen molar-refractivity contribution >= 4 is 27.7 Å². The van der Waals surface area contributed by atoms with E-state index < -0.39 is 10.0 Å². The molecular formula is C11H16N6O2S2. The number of sulfonamides is 1. The summed E-state index contributed by atoms with van der Waals surface area (Å²) in [6.45, 7) is 0. The van der Waals surface area contributed by atoms with Crippen LogP contribution in [0.5, 0.6) is 0 Å². The fourth-order valence-corrected chi connectivity index (χ4v) is 3.64. The van der Waals surface area contributed by atoms with Crippen LogP contribution in [0.2, 0.25) is 0 Å². The van der Waals surface area contributed by atoms with E-state index in [0.717, 1.165) is 18.5 Å². The normalized spacial score (nSPS) is 15.4. The lowest BCUT2D eigenvalue weighted by atomic mass is 10.3. The van der Waals surface area contributed by atoms with E-state index in [0.29, 0.717) is 11.1 Å². The predicted octanol–water partition coefficient (Wildman–Crippen LogP) is 0.949. The van der Waals surface area contributed by atoms with Gasteiger partial charge in [-0.25, -0.2) is 9.40 Å². The summed E-state index contributed by atoms with van der Waals surface area (Å²) in [6.07, 6.45) is 4.00. The Balaban J connectivity index is 1.89. The van der Waals surface area contributed by atoms with Crippen molar-refractivity contribution in [2.24, 2.45) is 14.1 Å². The molecule has 10 heteroatoms. The lowest BCUT2D eigenvalue weighted by Gasteiger charge is -2.03. The van der Waals surface area contributed by atoms with Gasteiger partial charge in [-0.1, -0.05) is 11.8 Å². The molecule has 0 spiro atoms. The fourth-order valence-electron chi connectivity index (χ4n) is 2.07. The van der Waals surface area contributed by atoms with Crippen molar-refractivity contribution in [1.82, 2.24) is 24.5 Å². The van der Waals surface area contributed by atoms with E-state index in [1.165, 1.54) is 21.1 Å². The van der Waals surface area contributed by atoms with Crippen molar-refractivity contribution < 1.29 is 8.42 Å². The molecule has 1 saturated carbocycles. The maximum absolute atomic E-state index is 12.4. The fraction of sp³-hybridized carbons (Fsp3) is 0.545. The maximum Gasteiger partial charge on any atom is 0.281 e. The predicted molar refractivity (Wildman–Crippen MR) is 78.8 cm³/mol. The maximum atomic E-state index is 12.4. The molecule has 2 aromatic rings.